The normalized spacial score (nSPS) is 22.8. The highest BCUT2D eigenvalue weighted by atomic mass is 32.1. The van der Waals surface area contributed by atoms with Crippen LogP contribution in [-0.4, -0.2) is 26.6 Å². The lowest BCUT2D eigenvalue weighted by Crippen LogP contribution is -2.63. The van der Waals surface area contributed by atoms with Crippen LogP contribution in [0.15, 0.2) is 84.0 Å². The zero-order chi connectivity index (χ0) is 26.3. The van der Waals surface area contributed by atoms with Gasteiger partial charge in [0.15, 0.2) is 5.11 Å². The highest BCUT2D eigenvalue weighted by Crippen LogP contribution is 2.52. The Morgan fingerprint density at radius 3 is 1.73 bits per heavy atom. The highest BCUT2D eigenvalue weighted by Gasteiger charge is 2.62. The van der Waals surface area contributed by atoms with Crippen molar-refractivity contribution < 1.29 is 14.6 Å². The number of nitro benzene ring substituents is 2. The smallest absolute Gasteiger partial charge is 0.269 e. The van der Waals surface area contributed by atoms with E-state index < -0.39 is 27.3 Å². The van der Waals surface area contributed by atoms with Crippen molar-refractivity contribution in [2.24, 2.45) is 10.5 Å². The molecule has 0 bridgehead atoms. The van der Waals surface area contributed by atoms with Crippen molar-refractivity contribution in [3.05, 3.63) is 110 Å². The number of hydrazone groups is 1. The van der Waals surface area contributed by atoms with Gasteiger partial charge in [0, 0.05) is 24.3 Å². The first-order valence-corrected chi connectivity index (χ1v) is 11.7. The van der Waals surface area contributed by atoms with Gasteiger partial charge in [0.1, 0.15) is 5.41 Å². The number of nitrogens with zero attached hydrogens (tertiary/aromatic N) is 4. The Labute approximate surface area is 216 Å². The summed E-state index contributed by atoms with van der Waals surface area (Å²) in [7, 11) is 0. The van der Waals surface area contributed by atoms with Gasteiger partial charge in [0.2, 0.25) is 0 Å². The van der Waals surface area contributed by atoms with Gasteiger partial charge in [0.05, 0.1) is 33.3 Å². The predicted octanol–water partition coefficient (Wildman–Crippen LogP) is 4.17. The molecule has 2 N–H and O–H groups in total. The number of nitro groups is 2. The Hall–Kier alpha value is -4.71. The molecule has 1 spiro atoms. The number of amides is 1. The Kier molecular flexibility index (Phi) is 5.88. The second-order valence-corrected chi connectivity index (χ2v) is 9.10. The van der Waals surface area contributed by atoms with Crippen molar-refractivity contribution in [1.29, 1.82) is 0 Å². The SMILES string of the molecule is CC1=NN(c2ccccc2)C(=O)C12C(c1ccc([N+](=O)[O-])cc1)NC(=S)NC2c1ccc([N+](=O)[O-])cc1. The molecule has 37 heavy (non-hydrogen) atoms. The number of hydrogen-bond acceptors (Lipinski definition) is 7. The van der Waals surface area contributed by atoms with E-state index in [9.17, 15) is 25.0 Å². The molecule has 2 aliphatic heterocycles. The van der Waals surface area contributed by atoms with Crippen molar-refractivity contribution in [2.75, 3.05) is 5.01 Å². The summed E-state index contributed by atoms with van der Waals surface area (Å²) in [6, 6.07) is 19.3. The molecule has 1 saturated heterocycles. The van der Waals surface area contributed by atoms with Gasteiger partial charge >= 0.3 is 0 Å². The molecule has 1 amide bonds. The number of non-ortho nitro benzene ring substituents is 2. The molecule has 2 aliphatic rings. The summed E-state index contributed by atoms with van der Waals surface area (Å²) in [5.41, 5.74) is 0.714. The highest BCUT2D eigenvalue weighted by molar-refractivity contribution is 7.80. The molecule has 2 atom stereocenters. The molecular formula is C25H20N6O5S. The maximum atomic E-state index is 14.4. The second-order valence-electron chi connectivity index (χ2n) is 8.69. The summed E-state index contributed by atoms with van der Waals surface area (Å²) < 4.78 is 0. The summed E-state index contributed by atoms with van der Waals surface area (Å²) in [5.74, 6) is -0.342. The van der Waals surface area contributed by atoms with E-state index in [0.29, 0.717) is 22.5 Å². The molecule has 0 aromatic heterocycles. The minimum absolute atomic E-state index is 0.0877. The van der Waals surface area contributed by atoms with Gasteiger partial charge in [-0.3, -0.25) is 25.0 Å². The molecule has 3 aromatic rings. The summed E-state index contributed by atoms with van der Waals surface area (Å²) in [4.78, 5) is 35.9. The van der Waals surface area contributed by atoms with Crippen LogP contribution in [0.25, 0.3) is 0 Å². The van der Waals surface area contributed by atoms with Gasteiger partial charge in [-0.15, -0.1) is 0 Å². The molecule has 3 aromatic carbocycles. The lowest BCUT2D eigenvalue weighted by atomic mass is 9.65. The fourth-order valence-corrected chi connectivity index (χ4v) is 5.22. The summed E-state index contributed by atoms with van der Waals surface area (Å²) in [6.07, 6.45) is 0. The number of carbonyl (C=O) groups is 1. The van der Waals surface area contributed by atoms with Crippen LogP contribution in [0.4, 0.5) is 17.1 Å². The van der Waals surface area contributed by atoms with E-state index in [1.54, 1.807) is 55.5 Å². The van der Waals surface area contributed by atoms with E-state index >= 15 is 0 Å². The zero-order valence-electron chi connectivity index (χ0n) is 19.4. The molecule has 11 nitrogen and oxygen atoms in total. The van der Waals surface area contributed by atoms with Gasteiger partial charge in [0.25, 0.3) is 17.3 Å². The van der Waals surface area contributed by atoms with E-state index in [4.69, 9.17) is 12.2 Å². The number of benzene rings is 3. The van der Waals surface area contributed by atoms with Crippen molar-refractivity contribution in [2.45, 2.75) is 19.0 Å². The van der Waals surface area contributed by atoms with Crippen LogP contribution >= 0.6 is 12.2 Å². The van der Waals surface area contributed by atoms with Crippen LogP contribution < -0.4 is 15.6 Å². The molecule has 0 radical (unpaired) electrons. The molecule has 5 rings (SSSR count). The van der Waals surface area contributed by atoms with Gasteiger partial charge < -0.3 is 10.6 Å². The van der Waals surface area contributed by atoms with E-state index in [2.05, 4.69) is 15.7 Å². The third-order valence-corrected chi connectivity index (χ3v) is 6.97. The van der Waals surface area contributed by atoms with E-state index in [0.717, 1.165) is 0 Å². The lowest BCUT2D eigenvalue weighted by Gasteiger charge is -2.47. The summed E-state index contributed by atoms with van der Waals surface area (Å²) in [5, 5.41) is 35.1. The fourth-order valence-electron chi connectivity index (χ4n) is 4.98. The van der Waals surface area contributed by atoms with Gasteiger partial charge in [-0.1, -0.05) is 42.5 Å². The molecule has 0 aliphatic carbocycles. The third-order valence-electron chi connectivity index (χ3n) is 6.73. The Bertz CT molecular complexity index is 1370. The topological polar surface area (TPSA) is 143 Å². The quantitative estimate of drug-likeness (QED) is 0.292. The first-order chi connectivity index (χ1) is 17.7. The van der Waals surface area contributed by atoms with Crippen molar-refractivity contribution in [3.63, 3.8) is 0 Å². The molecule has 12 heteroatoms. The van der Waals surface area contributed by atoms with Gasteiger partial charge in [-0.2, -0.15) is 10.1 Å². The number of rotatable bonds is 5. The molecular weight excluding hydrogens is 496 g/mol. The number of anilines is 1. The van der Waals surface area contributed by atoms with Crippen LogP contribution in [0.5, 0.6) is 0 Å². The maximum absolute atomic E-state index is 14.4. The number of nitrogens with one attached hydrogen (secondary N) is 2. The number of para-hydroxylation sites is 1. The molecule has 2 heterocycles. The van der Waals surface area contributed by atoms with Crippen molar-refractivity contribution in [1.82, 2.24) is 10.6 Å². The third kappa shape index (κ3) is 3.87. The minimum atomic E-state index is -1.36. The molecule has 186 valence electrons. The number of carbonyl (C=O) groups excluding carboxylic acids is 1. The van der Waals surface area contributed by atoms with E-state index in [1.165, 1.54) is 29.3 Å². The van der Waals surface area contributed by atoms with Crippen LogP contribution in [0, 0.1) is 25.6 Å². The first kappa shape index (κ1) is 24.0. The predicted molar refractivity (Wildman–Crippen MR) is 140 cm³/mol. The molecule has 0 saturated carbocycles. The number of thiocarbonyl (C=S) groups is 1. The van der Waals surface area contributed by atoms with E-state index in [-0.39, 0.29) is 22.4 Å². The molecule has 1 fully saturated rings. The summed E-state index contributed by atoms with van der Waals surface area (Å²) >= 11 is 5.51. The Balaban J connectivity index is 1.69. The Morgan fingerprint density at radius 1 is 0.838 bits per heavy atom. The van der Waals surface area contributed by atoms with Gasteiger partial charge in [-0.25, -0.2) is 0 Å². The average Bonchev–Trinajstić information content (AvgIpc) is 3.16. The van der Waals surface area contributed by atoms with Crippen molar-refractivity contribution in [3.8, 4) is 0 Å². The standard InChI is InChI=1S/C25H20N6O5S/c1-15-25(23(32)29(28-15)18-5-3-2-4-6-18)21(16-7-11-19(12-8-16)30(33)34)26-24(37)27-22(25)17-9-13-20(14-10-17)31(35)36/h2-14,21-22H,1H3,(H2,26,27,37). The minimum Gasteiger partial charge on any atom is -0.354 e. The largest absolute Gasteiger partial charge is 0.354 e. The van der Waals surface area contributed by atoms with Gasteiger partial charge in [-0.05, 0) is 42.4 Å². The fraction of sp³-hybridized carbons (Fsp3) is 0.160. The van der Waals surface area contributed by atoms with E-state index in [1.807, 2.05) is 6.07 Å². The zero-order valence-corrected chi connectivity index (χ0v) is 20.2. The summed E-state index contributed by atoms with van der Waals surface area (Å²) in [6.45, 7) is 1.75. The number of hydrogen-bond donors (Lipinski definition) is 2. The lowest BCUT2D eigenvalue weighted by molar-refractivity contribution is -0.385. The monoisotopic (exact) mass is 516 g/mol. The van der Waals surface area contributed by atoms with Crippen LogP contribution in [0.3, 0.4) is 0 Å². The second kappa shape index (κ2) is 9.06. The first-order valence-electron chi connectivity index (χ1n) is 11.2. The Morgan fingerprint density at radius 2 is 1.30 bits per heavy atom. The maximum Gasteiger partial charge on any atom is 0.269 e. The van der Waals surface area contributed by atoms with Crippen LogP contribution in [0.2, 0.25) is 0 Å². The molecule has 2 unspecified atom stereocenters. The van der Waals surface area contributed by atoms with Crippen LogP contribution in [0.1, 0.15) is 30.1 Å². The van der Waals surface area contributed by atoms with Crippen molar-refractivity contribution >= 4 is 46.0 Å². The van der Waals surface area contributed by atoms with Crippen LogP contribution in [-0.2, 0) is 4.79 Å². The average molecular weight is 517 g/mol.